The van der Waals surface area contributed by atoms with Crippen LogP contribution in [-0.2, 0) is 28.0 Å². The van der Waals surface area contributed by atoms with Gasteiger partial charge < -0.3 is 28.0 Å². The van der Waals surface area contributed by atoms with Crippen molar-refractivity contribution in [2.45, 2.75) is 94.0 Å². The molecule has 2 unspecified atom stereocenters. The molecule has 252 valence electrons. The third-order valence-corrected chi connectivity index (χ3v) is 9.82. The van der Waals surface area contributed by atoms with Crippen LogP contribution in [0, 0.1) is 0 Å². The Morgan fingerprint density at radius 2 is 1.09 bits per heavy atom. The Bertz CT molecular complexity index is 1220. The monoisotopic (exact) mass is 672 g/mol. The lowest BCUT2D eigenvalue weighted by atomic mass is 9.99. The predicted octanol–water partition coefficient (Wildman–Crippen LogP) is 9.34. The molecule has 0 bridgehead atoms. The van der Waals surface area contributed by atoms with Crippen molar-refractivity contribution in [2.24, 2.45) is 0 Å². The maximum Gasteiger partial charge on any atom is 0.587 e. The van der Waals surface area contributed by atoms with Crippen LogP contribution >= 0.6 is 19.6 Å². The van der Waals surface area contributed by atoms with Gasteiger partial charge in [-0.1, -0.05) is 106 Å². The summed E-state index contributed by atoms with van der Waals surface area (Å²) in [6, 6.07) is 27.8. The average molecular weight is 673 g/mol. The van der Waals surface area contributed by atoms with Gasteiger partial charge in [0.1, 0.15) is 41.4 Å². The van der Waals surface area contributed by atoms with Crippen molar-refractivity contribution in [2.75, 3.05) is 26.4 Å². The van der Waals surface area contributed by atoms with Crippen molar-refractivity contribution in [3.05, 3.63) is 91.0 Å². The number of hydrogen-bond donors (Lipinski definition) is 0. The standard InChI is InChI=1S/C36H49O8PS/c1-4-7-25-38-33-32(28-41-45(37,43-29-19-13-10-14-20-29)44-30-21-15-11-16-22-30)42-36(46-31-23-17-12-18-24-31)35(40-27-9-6-3)34(33)39-26-8-5-2/h10-24,32-36H,4-9,25-28H2,1-3H3/t32?,33-,34?,35-,36-/m1/s1. The highest BCUT2D eigenvalue weighted by Gasteiger charge is 2.49. The van der Waals surface area contributed by atoms with Gasteiger partial charge in [-0.05, 0) is 55.7 Å². The largest absolute Gasteiger partial charge is 0.587 e. The van der Waals surface area contributed by atoms with Crippen molar-refractivity contribution in [1.82, 2.24) is 0 Å². The van der Waals surface area contributed by atoms with Gasteiger partial charge in [-0.25, -0.2) is 4.57 Å². The van der Waals surface area contributed by atoms with Crippen molar-refractivity contribution in [1.29, 1.82) is 0 Å². The summed E-state index contributed by atoms with van der Waals surface area (Å²) >= 11 is 1.58. The lowest BCUT2D eigenvalue weighted by Crippen LogP contribution is -2.60. The van der Waals surface area contributed by atoms with Gasteiger partial charge in [0.05, 0.1) is 6.61 Å². The highest BCUT2D eigenvalue weighted by atomic mass is 32.2. The Morgan fingerprint density at radius 1 is 0.630 bits per heavy atom. The van der Waals surface area contributed by atoms with Gasteiger partial charge in [-0.15, -0.1) is 0 Å². The number of benzene rings is 3. The summed E-state index contributed by atoms with van der Waals surface area (Å²) in [4.78, 5) is 1.04. The zero-order chi connectivity index (χ0) is 32.5. The first-order chi connectivity index (χ1) is 22.5. The maximum atomic E-state index is 14.2. The van der Waals surface area contributed by atoms with Crippen molar-refractivity contribution >= 4 is 19.6 Å². The third-order valence-electron chi connectivity index (χ3n) is 7.33. The van der Waals surface area contributed by atoms with Gasteiger partial charge in [0, 0.05) is 24.7 Å². The highest BCUT2D eigenvalue weighted by molar-refractivity contribution is 7.99. The first-order valence-electron chi connectivity index (χ1n) is 16.5. The fourth-order valence-corrected chi connectivity index (χ4v) is 7.24. The van der Waals surface area contributed by atoms with E-state index in [4.69, 9.17) is 32.5 Å². The molecular formula is C36H49O8PS. The topological polar surface area (TPSA) is 81.7 Å². The van der Waals surface area contributed by atoms with E-state index in [1.165, 1.54) is 0 Å². The molecule has 10 heteroatoms. The van der Waals surface area contributed by atoms with E-state index in [2.05, 4.69) is 32.9 Å². The van der Waals surface area contributed by atoms with Crippen molar-refractivity contribution < 1.29 is 37.1 Å². The molecule has 0 amide bonds. The minimum Gasteiger partial charge on any atom is -0.395 e. The van der Waals surface area contributed by atoms with Crippen LogP contribution in [0.15, 0.2) is 95.9 Å². The number of hydrogen-bond acceptors (Lipinski definition) is 9. The normalized spacial score (nSPS) is 21.6. The molecule has 0 saturated carbocycles. The fourth-order valence-electron chi connectivity index (χ4n) is 4.86. The first kappa shape index (κ1) is 36.5. The summed E-state index contributed by atoms with van der Waals surface area (Å²) in [5.74, 6) is 0.731. The molecule has 0 radical (unpaired) electrons. The number of unbranched alkanes of at least 4 members (excludes halogenated alkanes) is 3. The quantitative estimate of drug-likeness (QED) is 0.0812. The average Bonchev–Trinajstić information content (AvgIpc) is 3.07. The molecule has 4 rings (SSSR count). The zero-order valence-electron chi connectivity index (χ0n) is 27.2. The molecule has 8 nitrogen and oxygen atoms in total. The molecule has 0 N–H and O–H groups in total. The van der Waals surface area contributed by atoms with Crippen LogP contribution in [0.3, 0.4) is 0 Å². The fraction of sp³-hybridized carbons (Fsp3) is 0.500. The summed E-state index contributed by atoms with van der Waals surface area (Å²) in [6.45, 7) is 7.95. The van der Waals surface area contributed by atoms with E-state index in [9.17, 15) is 4.57 Å². The number of phosphoric acid groups is 1. The van der Waals surface area contributed by atoms with Gasteiger partial charge >= 0.3 is 7.82 Å². The Hall–Kier alpha value is -2.36. The third kappa shape index (κ3) is 11.7. The van der Waals surface area contributed by atoms with Gasteiger partial charge in [-0.2, -0.15) is 0 Å². The molecule has 46 heavy (non-hydrogen) atoms. The second-order valence-electron chi connectivity index (χ2n) is 11.1. The van der Waals surface area contributed by atoms with Crippen molar-refractivity contribution in [3.63, 3.8) is 0 Å². The number of ether oxygens (including phenoxy) is 4. The molecule has 5 atom stereocenters. The first-order valence-corrected chi connectivity index (χ1v) is 18.8. The van der Waals surface area contributed by atoms with Crippen molar-refractivity contribution in [3.8, 4) is 11.5 Å². The molecule has 1 aliphatic heterocycles. The van der Waals surface area contributed by atoms with Gasteiger partial charge in [0.25, 0.3) is 0 Å². The molecule has 1 heterocycles. The van der Waals surface area contributed by atoms with E-state index >= 15 is 0 Å². The minimum absolute atomic E-state index is 0.116. The molecule has 0 spiro atoms. The molecule has 0 aromatic heterocycles. The molecule has 3 aromatic carbocycles. The lowest BCUT2D eigenvalue weighted by molar-refractivity contribution is -0.244. The van der Waals surface area contributed by atoms with Crippen LogP contribution in [0.2, 0.25) is 0 Å². The summed E-state index contributed by atoms with van der Waals surface area (Å²) in [5, 5.41) is 0. The van der Waals surface area contributed by atoms with Crippen LogP contribution in [-0.4, -0.2) is 56.3 Å². The summed E-state index contributed by atoms with van der Waals surface area (Å²) in [6.07, 6.45) is 3.67. The van der Waals surface area contributed by atoms with Gasteiger partial charge in [0.15, 0.2) is 0 Å². The maximum absolute atomic E-state index is 14.2. The van der Waals surface area contributed by atoms with Gasteiger partial charge in [-0.3, -0.25) is 4.52 Å². The van der Waals surface area contributed by atoms with E-state index in [0.29, 0.717) is 31.3 Å². The van der Waals surface area contributed by atoms with Crippen LogP contribution in [0.4, 0.5) is 0 Å². The Kier molecular flexibility index (Phi) is 15.9. The zero-order valence-corrected chi connectivity index (χ0v) is 29.0. The SMILES string of the molecule is CCCCOC1[C@H](OCCCC)C(COP(=O)(Oc2ccccc2)Oc2ccccc2)O[C@H](Sc2ccccc2)[C@@H]1OCCCC. The van der Waals surface area contributed by atoms with Crippen LogP contribution in [0.25, 0.3) is 0 Å². The summed E-state index contributed by atoms with van der Waals surface area (Å²) < 4.78 is 58.6. The molecule has 0 aliphatic carbocycles. The smallest absolute Gasteiger partial charge is 0.395 e. The summed E-state index contributed by atoms with van der Waals surface area (Å²) in [5.41, 5.74) is -0.435. The second kappa shape index (κ2) is 20.1. The molecule has 1 saturated heterocycles. The Labute approximate surface area is 279 Å². The molecule has 1 aliphatic rings. The van der Waals surface area contributed by atoms with E-state index < -0.39 is 37.7 Å². The Morgan fingerprint density at radius 3 is 1.59 bits per heavy atom. The molecular weight excluding hydrogens is 623 g/mol. The predicted molar refractivity (Wildman–Crippen MR) is 183 cm³/mol. The second-order valence-corrected chi connectivity index (χ2v) is 13.8. The number of rotatable bonds is 21. The Balaban J connectivity index is 1.64. The number of para-hydroxylation sites is 2. The molecule has 1 fully saturated rings. The van der Waals surface area contributed by atoms with Crippen LogP contribution in [0.5, 0.6) is 11.5 Å². The number of thioether (sulfide) groups is 1. The lowest BCUT2D eigenvalue weighted by Gasteiger charge is -2.46. The number of phosphoric ester groups is 1. The van der Waals surface area contributed by atoms with E-state index in [1.807, 2.05) is 30.3 Å². The minimum atomic E-state index is -4.17. The van der Waals surface area contributed by atoms with Crippen LogP contribution < -0.4 is 9.05 Å². The molecule has 3 aromatic rings. The van der Waals surface area contributed by atoms with E-state index in [0.717, 1.165) is 43.4 Å². The van der Waals surface area contributed by atoms with Gasteiger partial charge in [0.2, 0.25) is 0 Å². The van der Waals surface area contributed by atoms with E-state index in [1.54, 1.807) is 60.3 Å². The summed E-state index contributed by atoms with van der Waals surface area (Å²) in [7, 11) is -4.17. The van der Waals surface area contributed by atoms with Crippen LogP contribution in [0.1, 0.15) is 59.3 Å². The highest BCUT2D eigenvalue weighted by Crippen LogP contribution is 2.50. The van der Waals surface area contributed by atoms with E-state index in [-0.39, 0.29) is 6.61 Å².